The smallest absolute Gasteiger partial charge is 0.314 e. The van der Waals surface area contributed by atoms with E-state index < -0.39 is 0 Å². The van der Waals surface area contributed by atoms with Crippen LogP contribution in [0.3, 0.4) is 0 Å². The van der Waals surface area contributed by atoms with Gasteiger partial charge in [0.05, 0.1) is 19.0 Å². The standard InChI is InChI=1S/C11H16N4OS/c1-4-5-14-7-13(3)11(16)15(8-14)10-6-9(2)12-17-10/h4,6H,1,5,7-8H2,2-3H3. The molecule has 0 spiro atoms. The third kappa shape index (κ3) is 2.48. The molecule has 0 atom stereocenters. The topological polar surface area (TPSA) is 39.7 Å². The Morgan fingerprint density at radius 2 is 2.35 bits per heavy atom. The van der Waals surface area contributed by atoms with Gasteiger partial charge in [-0.15, -0.1) is 6.58 Å². The van der Waals surface area contributed by atoms with E-state index in [0.29, 0.717) is 13.3 Å². The minimum Gasteiger partial charge on any atom is -0.314 e. The van der Waals surface area contributed by atoms with E-state index in [-0.39, 0.29) is 6.03 Å². The summed E-state index contributed by atoms with van der Waals surface area (Å²) in [6.07, 6.45) is 1.85. The Morgan fingerprint density at radius 1 is 1.59 bits per heavy atom. The molecule has 2 amide bonds. The van der Waals surface area contributed by atoms with E-state index >= 15 is 0 Å². The van der Waals surface area contributed by atoms with Gasteiger partial charge in [0, 0.05) is 13.6 Å². The molecule has 0 radical (unpaired) electrons. The number of urea groups is 1. The number of aryl methyl sites for hydroxylation is 1. The summed E-state index contributed by atoms with van der Waals surface area (Å²) in [5, 5.41) is 0.896. The Balaban J connectivity index is 2.19. The lowest BCUT2D eigenvalue weighted by Gasteiger charge is -2.39. The van der Waals surface area contributed by atoms with E-state index in [1.165, 1.54) is 11.5 Å². The molecule has 2 rings (SSSR count). The van der Waals surface area contributed by atoms with Crippen molar-refractivity contribution in [2.75, 3.05) is 31.8 Å². The van der Waals surface area contributed by atoms with Crippen LogP contribution in [0, 0.1) is 6.92 Å². The Morgan fingerprint density at radius 3 is 2.94 bits per heavy atom. The number of nitrogens with zero attached hydrogens (tertiary/aromatic N) is 4. The monoisotopic (exact) mass is 252 g/mol. The Hall–Kier alpha value is -1.40. The summed E-state index contributed by atoms with van der Waals surface area (Å²) in [7, 11) is 1.80. The minimum absolute atomic E-state index is 0.0222. The maximum atomic E-state index is 12.1. The zero-order valence-electron chi connectivity index (χ0n) is 10.1. The molecule has 0 aliphatic carbocycles. The van der Waals surface area contributed by atoms with Crippen LogP contribution in [0.4, 0.5) is 9.80 Å². The van der Waals surface area contributed by atoms with Gasteiger partial charge in [-0.2, -0.15) is 4.37 Å². The summed E-state index contributed by atoms with van der Waals surface area (Å²) < 4.78 is 4.21. The molecule has 0 aromatic carbocycles. The summed E-state index contributed by atoms with van der Waals surface area (Å²) in [4.78, 5) is 17.6. The van der Waals surface area contributed by atoms with Gasteiger partial charge in [-0.05, 0) is 24.5 Å². The molecule has 1 saturated heterocycles. The van der Waals surface area contributed by atoms with Gasteiger partial charge in [0.1, 0.15) is 5.00 Å². The van der Waals surface area contributed by atoms with Gasteiger partial charge in [0.2, 0.25) is 0 Å². The quantitative estimate of drug-likeness (QED) is 0.769. The van der Waals surface area contributed by atoms with Crippen molar-refractivity contribution >= 4 is 22.6 Å². The number of aromatic nitrogens is 1. The van der Waals surface area contributed by atoms with Crippen molar-refractivity contribution in [3.05, 3.63) is 24.4 Å². The van der Waals surface area contributed by atoms with Gasteiger partial charge in [-0.3, -0.25) is 9.80 Å². The molecule has 0 bridgehead atoms. The van der Waals surface area contributed by atoms with E-state index in [1.54, 1.807) is 16.8 Å². The van der Waals surface area contributed by atoms with E-state index in [1.807, 2.05) is 19.1 Å². The van der Waals surface area contributed by atoms with Crippen molar-refractivity contribution in [2.24, 2.45) is 0 Å². The maximum absolute atomic E-state index is 12.1. The van der Waals surface area contributed by atoms with E-state index in [9.17, 15) is 4.79 Å². The first-order chi connectivity index (χ1) is 8.11. The summed E-state index contributed by atoms with van der Waals surface area (Å²) in [6.45, 7) is 7.66. The summed E-state index contributed by atoms with van der Waals surface area (Å²) in [6, 6.07) is 1.96. The molecule has 1 aromatic rings. The molecule has 5 nitrogen and oxygen atoms in total. The van der Waals surface area contributed by atoms with Crippen molar-refractivity contribution < 1.29 is 4.79 Å². The number of hydrogen-bond acceptors (Lipinski definition) is 4. The van der Waals surface area contributed by atoms with Crippen LogP contribution in [0.25, 0.3) is 0 Å². The van der Waals surface area contributed by atoms with Crippen molar-refractivity contribution in [1.29, 1.82) is 0 Å². The highest BCUT2D eigenvalue weighted by atomic mass is 32.1. The van der Waals surface area contributed by atoms with Gasteiger partial charge in [-0.1, -0.05) is 6.08 Å². The van der Waals surface area contributed by atoms with Crippen LogP contribution in [0.15, 0.2) is 18.7 Å². The van der Waals surface area contributed by atoms with Gasteiger partial charge < -0.3 is 4.90 Å². The Labute approximate surface area is 105 Å². The molecule has 2 heterocycles. The van der Waals surface area contributed by atoms with Crippen LogP contribution in [0.1, 0.15) is 5.69 Å². The van der Waals surface area contributed by atoms with Crippen molar-refractivity contribution in [3.63, 3.8) is 0 Å². The number of rotatable bonds is 3. The first-order valence-electron chi connectivity index (χ1n) is 5.41. The van der Waals surface area contributed by atoms with Gasteiger partial charge in [-0.25, -0.2) is 4.79 Å². The minimum atomic E-state index is 0.0222. The maximum Gasteiger partial charge on any atom is 0.327 e. The zero-order chi connectivity index (χ0) is 12.4. The first kappa shape index (κ1) is 12.1. The molecule has 6 heteroatoms. The predicted octanol–water partition coefficient (Wildman–Crippen LogP) is 1.73. The molecule has 1 aromatic heterocycles. The number of carbonyl (C=O) groups excluding carboxylic acids is 1. The largest absolute Gasteiger partial charge is 0.327 e. The van der Waals surface area contributed by atoms with E-state index in [4.69, 9.17) is 0 Å². The normalized spacial score (nSPS) is 17.6. The average molecular weight is 252 g/mol. The molecular weight excluding hydrogens is 236 g/mol. The van der Waals surface area contributed by atoms with E-state index in [2.05, 4.69) is 15.9 Å². The second-order valence-electron chi connectivity index (χ2n) is 4.14. The summed E-state index contributed by atoms with van der Waals surface area (Å²) >= 11 is 1.36. The molecule has 0 N–H and O–H groups in total. The second-order valence-corrected chi connectivity index (χ2v) is 4.92. The highest BCUT2D eigenvalue weighted by Crippen LogP contribution is 2.24. The fourth-order valence-corrected chi connectivity index (χ4v) is 2.56. The van der Waals surface area contributed by atoms with Gasteiger partial charge >= 0.3 is 6.03 Å². The number of amides is 2. The van der Waals surface area contributed by atoms with E-state index in [0.717, 1.165) is 17.2 Å². The molecule has 92 valence electrons. The third-order valence-corrected chi connectivity index (χ3v) is 3.48. The van der Waals surface area contributed by atoms with Crippen molar-refractivity contribution in [2.45, 2.75) is 6.92 Å². The lowest BCUT2D eigenvalue weighted by atomic mass is 10.4. The number of hydrogen-bond donors (Lipinski definition) is 0. The molecule has 1 aliphatic heterocycles. The lowest BCUT2D eigenvalue weighted by Crippen LogP contribution is -2.56. The lowest BCUT2D eigenvalue weighted by molar-refractivity contribution is 0.139. The highest BCUT2D eigenvalue weighted by Gasteiger charge is 2.29. The fraction of sp³-hybridized carbons (Fsp3) is 0.455. The SMILES string of the molecule is C=CCN1CN(C)C(=O)N(c2cc(C)ns2)C1. The fourth-order valence-electron chi connectivity index (χ4n) is 1.81. The van der Waals surface area contributed by atoms with Crippen LogP contribution in [-0.4, -0.2) is 47.1 Å². The molecular formula is C11H16N4OS. The summed E-state index contributed by atoms with van der Waals surface area (Å²) in [5.74, 6) is 0. The predicted molar refractivity (Wildman–Crippen MR) is 69.1 cm³/mol. The van der Waals surface area contributed by atoms with Crippen LogP contribution in [0.2, 0.25) is 0 Å². The Kier molecular flexibility index (Phi) is 3.44. The van der Waals surface area contributed by atoms with Crippen LogP contribution >= 0.6 is 11.5 Å². The van der Waals surface area contributed by atoms with Gasteiger partial charge in [0.15, 0.2) is 0 Å². The average Bonchev–Trinajstić information content (AvgIpc) is 2.70. The van der Waals surface area contributed by atoms with Crippen molar-refractivity contribution in [3.8, 4) is 0 Å². The van der Waals surface area contributed by atoms with Gasteiger partial charge in [0.25, 0.3) is 0 Å². The van der Waals surface area contributed by atoms with Crippen molar-refractivity contribution in [1.82, 2.24) is 14.2 Å². The summed E-state index contributed by atoms with van der Waals surface area (Å²) in [5.41, 5.74) is 0.946. The molecule has 1 fully saturated rings. The number of anilines is 1. The molecule has 0 saturated carbocycles. The third-order valence-electron chi connectivity index (χ3n) is 2.58. The Bertz CT molecular complexity index is 431. The van der Waals surface area contributed by atoms with Crippen LogP contribution in [-0.2, 0) is 0 Å². The molecule has 17 heavy (non-hydrogen) atoms. The van der Waals surface area contributed by atoms with Crippen LogP contribution < -0.4 is 4.90 Å². The molecule has 0 unspecified atom stereocenters. The van der Waals surface area contributed by atoms with Crippen LogP contribution in [0.5, 0.6) is 0 Å². The zero-order valence-corrected chi connectivity index (χ0v) is 10.9. The molecule has 1 aliphatic rings. The first-order valence-corrected chi connectivity index (χ1v) is 6.18. The number of carbonyl (C=O) groups is 1. The second kappa shape index (κ2) is 4.85. The highest BCUT2D eigenvalue weighted by molar-refractivity contribution is 7.10.